The molecule has 3 heterocycles. The smallest absolute Gasteiger partial charge is 0.257 e. The van der Waals surface area contributed by atoms with Crippen LogP contribution in [0.25, 0.3) is 0 Å². The molecule has 11 heteroatoms. The lowest BCUT2D eigenvalue weighted by Crippen LogP contribution is -2.48. The minimum atomic E-state index is -3.52. The molecule has 1 atom stereocenters. The first-order valence-electron chi connectivity index (χ1n) is 12.5. The third-order valence-corrected chi connectivity index (χ3v) is 7.92. The van der Waals surface area contributed by atoms with Gasteiger partial charge in [0.05, 0.1) is 24.8 Å². The Bertz CT molecular complexity index is 1300. The Morgan fingerprint density at radius 1 is 1.28 bits per heavy atom. The van der Waals surface area contributed by atoms with Crippen LogP contribution >= 0.6 is 0 Å². The molecular weight excluding hydrogens is 485 g/mol. The van der Waals surface area contributed by atoms with Gasteiger partial charge in [-0.15, -0.1) is 0 Å². The number of aromatic nitrogens is 2. The second-order valence-electron chi connectivity index (χ2n) is 10.2. The number of amides is 2. The van der Waals surface area contributed by atoms with Gasteiger partial charge in [-0.1, -0.05) is 25.8 Å². The average molecular weight is 518 g/mol. The minimum absolute atomic E-state index is 0.264. The first-order valence-corrected chi connectivity index (χ1v) is 14.6. The van der Waals surface area contributed by atoms with Crippen molar-refractivity contribution in [3.05, 3.63) is 40.6 Å². The van der Waals surface area contributed by atoms with Crippen LogP contribution in [0.4, 0.5) is 15.9 Å². The van der Waals surface area contributed by atoms with Gasteiger partial charge in [0.1, 0.15) is 23.3 Å². The Morgan fingerprint density at radius 2 is 2.03 bits per heavy atom. The van der Waals surface area contributed by atoms with Crippen molar-refractivity contribution < 1.29 is 22.4 Å². The number of fused-ring (bicyclic) bond motifs is 1. The molecule has 2 amide bonds. The highest BCUT2D eigenvalue weighted by molar-refractivity contribution is 7.91. The third kappa shape index (κ3) is 5.25. The molecule has 1 aliphatic carbocycles. The molecule has 9 nitrogen and oxygen atoms in total. The van der Waals surface area contributed by atoms with Crippen molar-refractivity contribution in [2.75, 3.05) is 35.3 Å². The molecule has 0 radical (unpaired) electrons. The van der Waals surface area contributed by atoms with Gasteiger partial charge in [0, 0.05) is 24.9 Å². The van der Waals surface area contributed by atoms with Gasteiger partial charge in [0.25, 0.3) is 5.91 Å². The summed E-state index contributed by atoms with van der Waals surface area (Å²) in [7, 11) is -3.52. The SMILES string of the molecule is CCc1cc(N2CC(F)C2)ccc1[C@H]1Cc2nn(CCC3CC3)c(NC(=O)CS(C)(=O)=O)c2C(=O)N1. The predicted octanol–water partition coefficient (Wildman–Crippen LogP) is 2.41. The van der Waals surface area contributed by atoms with Gasteiger partial charge in [-0.3, -0.25) is 9.59 Å². The van der Waals surface area contributed by atoms with E-state index in [2.05, 4.69) is 23.6 Å². The zero-order valence-electron chi connectivity index (χ0n) is 20.6. The molecule has 5 rings (SSSR count). The minimum Gasteiger partial charge on any atom is -0.366 e. The first kappa shape index (κ1) is 24.7. The fraction of sp³-hybridized carbons (Fsp3) is 0.560. The number of hydrogen-bond acceptors (Lipinski definition) is 6. The maximum absolute atomic E-state index is 13.3. The zero-order chi connectivity index (χ0) is 25.6. The monoisotopic (exact) mass is 517 g/mol. The molecule has 3 aliphatic rings. The van der Waals surface area contributed by atoms with Gasteiger partial charge in [0.2, 0.25) is 5.91 Å². The molecule has 1 aromatic heterocycles. The number of rotatable bonds is 9. The third-order valence-electron chi connectivity index (χ3n) is 7.14. The van der Waals surface area contributed by atoms with Crippen LogP contribution in [0.5, 0.6) is 0 Å². The van der Waals surface area contributed by atoms with Crippen LogP contribution in [0.15, 0.2) is 18.2 Å². The molecule has 194 valence electrons. The van der Waals surface area contributed by atoms with Gasteiger partial charge in [-0.05, 0) is 42.0 Å². The highest BCUT2D eigenvalue weighted by Crippen LogP contribution is 2.36. The molecule has 2 N–H and O–H groups in total. The Kier molecular flexibility index (Phi) is 6.52. The number of benzene rings is 1. The second kappa shape index (κ2) is 9.49. The molecule has 1 saturated heterocycles. The summed E-state index contributed by atoms with van der Waals surface area (Å²) in [6.45, 7) is 3.40. The normalized spacial score (nSPS) is 20.0. The number of nitrogens with one attached hydrogen (secondary N) is 2. The highest BCUT2D eigenvalue weighted by Gasteiger charge is 2.35. The van der Waals surface area contributed by atoms with E-state index < -0.39 is 27.7 Å². The molecule has 0 bridgehead atoms. The van der Waals surface area contributed by atoms with Gasteiger partial charge >= 0.3 is 0 Å². The number of anilines is 2. The standard InChI is InChI=1S/C25H32FN5O4S/c1-3-16-10-18(30-12-17(26)13-30)6-7-19(16)20-11-21-23(25(33)27-20)24(28-22(32)14-36(2,34)35)31(29-21)9-8-15-4-5-15/h6-7,10,15,17,20H,3-5,8-9,11-14H2,1-2H3,(H,27,33)(H,28,32)/t20-/m1/s1. The average Bonchev–Trinajstić information content (AvgIpc) is 3.55. The van der Waals surface area contributed by atoms with Crippen molar-refractivity contribution in [3.63, 3.8) is 0 Å². The van der Waals surface area contributed by atoms with Crippen LogP contribution in [-0.2, 0) is 34.0 Å². The summed E-state index contributed by atoms with van der Waals surface area (Å²) < 4.78 is 38.2. The van der Waals surface area contributed by atoms with Crippen molar-refractivity contribution in [1.29, 1.82) is 0 Å². The molecule has 2 aromatic rings. The maximum atomic E-state index is 13.3. The van der Waals surface area contributed by atoms with Crippen molar-refractivity contribution in [3.8, 4) is 0 Å². The first-order chi connectivity index (χ1) is 17.1. The van der Waals surface area contributed by atoms with E-state index in [9.17, 15) is 22.4 Å². The molecule has 0 spiro atoms. The number of hydrogen-bond donors (Lipinski definition) is 2. The van der Waals surface area contributed by atoms with Crippen molar-refractivity contribution in [1.82, 2.24) is 15.1 Å². The summed E-state index contributed by atoms with van der Waals surface area (Å²) >= 11 is 0. The second-order valence-corrected chi connectivity index (χ2v) is 12.4. The van der Waals surface area contributed by atoms with Gasteiger partial charge in [0.15, 0.2) is 9.84 Å². The number of sulfone groups is 1. The predicted molar refractivity (Wildman–Crippen MR) is 135 cm³/mol. The van der Waals surface area contributed by atoms with Crippen LogP contribution in [0.2, 0.25) is 0 Å². The van der Waals surface area contributed by atoms with E-state index in [1.807, 2.05) is 17.0 Å². The Balaban J connectivity index is 1.42. The molecule has 0 unspecified atom stereocenters. The lowest BCUT2D eigenvalue weighted by atomic mass is 9.91. The van der Waals surface area contributed by atoms with Gasteiger partial charge < -0.3 is 15.5 Å². The Labute approximate surface area is 210 Å². The fourth-order valence-corrected chi connectivity index (χ4v) is 5.58. The van der Waals surface area contributed by atoms with Crippen LogP contribution in [0, 0.1) is 5.92 Å². The summed E-state index contributed by atoms with van der Waals surface area (Å²) in [4.78, 5) is 27.7. The van der Waals surface area contributed by atoms with Crippen LogP contribution in [0.1, 0.15) is 59.4 Å². The summed E-state index contributed by atoms with van der Waals surface area (Å²) in [6, 6.07) is 5.74. The number of carbonyl (C=O) groups is 2. The lowest BCUT2D eigenvalue weighted by molar-refractivity contribution is -0.113. The summed E-state index contributed by atoms with van der Waals surface area (Å²) in [5, 5.41) is 10.4. The van der Waals surface area contributed by atoms with Crippen molar-refractivity contribution in [2.24, 2.45) is 5.92 Å². The fourth-order valence-electron chi connectivity index (χ4n) is 5.03. The van der Waals surface area contributed by atoms with E-state index in [4.69, 9.17) is 5.10 Å². The van der Waals surface area contributed by atoms with Crippen molar-refractivity contribution in [2.45, 2.75) is 57.8 Å². The summed E-state index contributed by atoms with van der Waals surface area (Å²) in [5.74, 6) is -0.806. The van der Waals surface area contributed by atoms with Gasteiger partial charge in [-0.2, -0.15) is 5.10 Å². The molecule has 1 saturated carbocycles. The quantitative estimate of drug-likeness (QED) is 0.528. The van der Waals surface area contributed by atoms with E-state index in [1.54, 1.807) is 4.68 Å². The molecule has 2 aliphatic heterocycles. The topological polar surface area (TPSA) is 113 Å². The highest BCUT2D eigenvalue weighted by atomic mass is 32.2. The summed E-state index contributed by atoms with van der Waals surface area (Å²) in [5.41, 5.74) is 3.94. The number of nitrogens with zero attached hydrogens (tertiary/aromatic N) is 3. The molecule has 2 fully saturated rings. The molecular formula is C25H32FN5O4S. The number of halogens is 1. The van der Waals surface area contributed by atoms with E-state index in [0.717, 1.165) is 35.9 Å². The molecule has 36 heavy (non-hydrogen) atoms. The van der Waals surface area contributed by atoms with E-state index in [1.165, 1.54) is 12.8 Å². The van der Waals surface area contributed by atoms with E-state index in [-0.39, 0.29) is 17.8 Å². The number of carbonyl (C=O) groups excluding carboxylic acids is 2. The van der Waals surface area contributed by atoms with Crippen LogP contribution in [0.3, 0.4) is 0 Å². The lowest BCUT2D eigenvalue weighted by Gasteiger charge is -2.37. The van der Waals surface area contributed by atoms with E-state index in [0.29, 0.717) is 43.2 Å². The summed E-state index contributed by atoms with van der Waals surface area (Å²) in [6.07, 6.45) is 4.65. The largest absolute Gasteiger partial charge is 0.366 e. The number of aryl methyl sites for hydroxylation is 2. The van der Waals surface area contributed by atoms with E-state index >= 15 is 0 Å². The zero-order valence-corrected chi connectivity index (χ0v) is 21.4. The number of alkyl halides is 1. The van der Waals surface area contributed by atoms with Crippen molar-refractivity contribution >= 4 is 33.2 Å². The van der Waals surface area contributed by atoms with Crippen LogP contribution < -0.4 is 15.5 Å². The van der Waals surface area contributed by atoms with Gasteiger partial charge in [-0.25, -0.2) is 17.5 Å². The maximum Gasteiger partial charge on any atom is 0.257 e. The molecule has 1 aromatic carbocycles. The Morgan fingerprint density at radius 3 is 2.67 bits per heavy atom. The van der Waals surface area contributed by atoms with Crippen LogP contribution in [-0.4, -0.2) is 61.3 Å². The Hall–Kier alpha value is -2.95.